The lowest BCUT2D eigenvalue weighted by Gasteiger charge is -2.44. The summed E-state index contributed by atoms with van der Waals surface area (Å²) in [7, 11) is 0. The van der Waals surface area contributed by atoms with E-state index >= 15 is 0 Å². The number of piperidine rings is 1. The van der Waals surface area contributed by atoms with E-state index in [0.29, 0.717) is 36.5 Å². The normalized spacial score (nSPS) is 24.2. The molecule has 3 atom stereocenters. The van der Waals surface area contributed by atoms with Gasteiger partial charge in [0.2, 0.25) is 0 Å². The number of nitriles is 1. The maximum absolute atomic E-state index is 13.5. The van der Waals surface area contributed by atoms with Gasteiger partial charge in [0.05, 0.1) is 22.7 Å². The van der Waals surface area contributed by atoms with Crippen molar-refractivity contribution in [2.75, 3.05) is 13.1 Å². The van der Waals surface area contributed by atoms with E-state index in [2.05, 4.69) is 21.0 Å². The SMILES string of the molecule is N#CC1(Cc2ccc(F)cc2)[C@@H]2CC[C@H]1CN(C(=O)c1cccnc1-c1ccncn1)C2. The van der Waals surface area contributed by atoms with Crippen molar-refractivity contribution in [2.24, 2.45) is 17.3 Å². The van der Waals surface area contributed by atoms with Gasteiger partial charge >= 0.3 is 0 Å². The minimum absolute atomic E-state index is 0.0828. The summed E-state index contributed by atoms with van der Waals surface area (Å²) < 4.78 is 13.3. The average Bonchev–Trinajstić information content (AvgIpc) is 3.01. The number of pyridine rings is 1. The number of benzene rings is 1. The number of amides is 1. The Hall–Kier alpha value is -3.66. The molecule has 32 heavy (non-hydrogen) atoms. The minimum Gasteiger partial charge on any atom is -0.338 e. The van der Waals surface area contributed by atoms with Crippen molar-refractivity contribution >= 4 is 5.91 Å². The number of hydrogen-bond donors (Lipinski definition) is 0. The summed E-state index contributed by atoms with van der Waals surface area (Å²) in [5.74, 6) is -0.199. The molecule has 0 radical (unpaired) electrons. The van der Waals surface area contributed by atoms with Gasteiger partial charge in [-0.2, -0.15) is 5.26 Å². The third kappa shape index (κ3) is 3.42. The van der Waals surface area contributed by atoms with Gasteiger partial charge in [0, 0.05) is 25.5 Å². The van der Waals surface area contributed by atoms with Crippen molar-refractivity contribution in [1.29, 1.82) is 5.26 Å². The Kier molecular flexibility index (Phi) is 5.14. The first-order chi connectivity index (χ1) is 15.6. The number of hydrogen-bond acceptors (Lipinski definition) is 5. The summed E-state index contributed by atoms with van der Waals surface area (Å²) >= 11 is 0. The number of likely N-dealkylation sites (tertiary alicyclic amines) is 1. The van der Waals surface area contributed by atoms with Gasteiger partial charge in [0.15, 0.2) is 0 Å². The van der Waals surface area contributed by atoms with Crippen molar-refractivity contribution in [3.63, 3.8) is 0 Å². The van der Waals surface area contributed by atoms with E-state index in [1.807, 2.05) is 4.90 Å². The second-order valence-corrected chi connectivity index (χ2v) is 8.63. The van der Waals surface area contributed by atoms with E-state index < -0.39 is 5.41 Å². The molecule has 1 aromatic carbocycles. The van der Waals surface area contributed by atoms with Crippen LogP contribution in [0, 0.1) is 34.4 Å². The lowest BCUT2D eigenvalue weighted by atomic mass is 9.66. The van der Waals surface area contributed by atoms with Crippen LogP contribution in [0.3, 0.4) is 0 Å². The Bertz CT molecular complexity index is 1160. The van der Waals surface area contributed by atoms with E-state index in [1.54, 1.807) is 42.7 Å². The van der Waals surface area contributed by atoms with E-state index in [0.717, 1.165) is 18.4 Å². The molecule has 0 spiro atoms. The Labute approximate surface area is 185 Å². The fourth-order valence-corrected chi connectivity index (χ4v) is 5.37. The number of nitrogens with zero attached hydrogens (tertiary/aromatic N) is 5. The maximum atomic E-state index is 13.5. The van der Waals surface area contributed by atoms with Crippen LogP contribution in [0.5, 0.6) is 0 Å². The molecular weight excluding hydrogens is 405 g/mol. The molecule has 3 aromatic rings. The molecular formula is C25H22FN5O. The third-order valence-electron chi connectivity index (χ3n) is 6.97. The van der Waals surface area contributed by atoms with Crippen LogP contribution in [0.25, 0.3) is 11.4 Å². The van der Waals surface area contributed by atoms with Gasteiger partial charge in [-0.05, 0) is 67.0 Å². The second-order valence-electron chi connectivity index (χ2n) is 8.63. The van der Waals surface area contributed by atoms with Crippen molar-refractivity contribution in [2.45, 2.75) is 19.3 Å². The Morgan fingerprint density at radius 1 is 1.09 bits per heavy atom. The molecule has 6 nitrogen and oxygen atoms in total. The smallest absolute Gasteiger partial charge is 0.256 e. The summed E-state index contributed by atoms with van der Waals surface area (Å²) in [6.07, 6.45) is 7.13. The van der Waals surface area contributed by atoms with Crippen LogP contribution in [0.15, 0.2) is 61.2 Å². The summed E-state index contributed by atoms with van der Waals surface area (Å²) in [6.45, 7) is 1.06. The molecule has 7 heteroatoms. The Morgan fingerprint density at radius 3 is 2.50 bits per heavy atom. The highest BCUT2D eigenvalue weighted by Gasteiger charge is 2.55. The predicted molar refractivity (Wildman–Crippen MR) is 116 cm³/mol. The van der Waals surface area contributed by atoms with Gasteiger partial charge in [-0.1, -0.05) is 12.1 Å². The predicted octanol–water partition coefficient (Wildman–Crippen LogP) is 3.91. The zero-order valence-electron chi connectivity index (χ0n) is 17.5. The second kappa shape index (κ2) is 8.12. The number of rotatable bonds is 4. The van der Waals surface area contributed by atoms with Gasteiger partial charge in [-0.3, -0.25) is 9.78 Å². The van der Waals surface area contributed by atoms with Crippen LogP contribution in [0.2, 0.25) is 0 Å². The van der Waals surface area contributed by atoms with Gasteiger partial charge in [0.1, 0.15) is 17.8 Å². The topological polar surface area (TPSA) is 82.8 Å². The molecule has 2 fully saturated rings. The molecule has 160 valence electrons. The van der Waals surface area contributed by atoms with Gasteiger partial charge < -0.3 is 4.90 Å². The van der Waals surface area contributed by atoms with Crippen LogP contribution in [0.1, 0.15) is 28.8 Å². The van der Waals surface area contributed by atoms with Gasteiger partial charge in [-0.15, -0.1) is 0 Å². The van der Waals surface area contributed by atoms with E-state index in [-0.39, 0.29) is 23.6 Å². The fourth-order valence-electron chi connectivity index (χ4n) is 5.37. The molecule has 0 N–H and O–H groups in total. The van der Waals surface area contributed by atoms with Gasteiger partial charge in [-0.25, -0.2) is 14.4 Å². The van der Waals surface area contributed by atoms with Crippen molar-refractivity contribution in [1.82, 2.24) is 19.9 Å². The van der Waals surface area contributed by atoms with Crippen LogP contribution in [-0.2, 0) is 6.42 Å². The van der Waals surface area contributed by atoms with Crippen molar-refractivity contribution < 1.29 is 9.18 Å². The molecule has 3 heterocycles. The first-order valence-corrected chi connectivity index (χ1v) is 10.8. The number of carbonyl (C=O) groups excluding carboxylic acids is 1. The molecule has 1 amide bonds. The molecule has 2 aliphatic rings. The molecule has 1 aliphatic carbocycles. The first-order valence-electron chi connectivity index (χ1n) is 10.8. The zero-order valence-corrected chi connectivity index (χ0v) is 17.5. The van der Waals surface area contributed by atoms with Gasteiger partial charge in [0.25, 0.3) is 5.91 Å². The van der Waals surface area contributed by atoms with E-state index in [9.17, 15) is 14.4 Å². The summed E-state index contributed by atoms with van der Waals surface area (Å²) in [5.41, 5.74) is 2.08. The highest BCUT2D eigenvalue weighted by Crippen LogP contribution is 2.53. The summed E-state index contributed by atoms with van der Waals surface area (Å²) in [6, 6.07) is 14.3. The lowest BCUT2D eigenvalue weighted by Crippen LogP contribution is -2.51. The van der Waals surface area contributed by atoms with Crippen LogP contribution >= 0.6 is 0 Å². The largest absolute Gasteiger partial charge is 0.338 e. The zero-order chi connectivity index (χ0) is 22.1. The van der Waals surface area contributed by atoms with Crippen LogP contribution < -0.4 is 0 Å². The molecule has 2 aromatic heterocycles. The third-order valence-corrected chi connectivity index (χ3v) is 6.97. The average molecular weight is 427 g/mol. The standard InChI is InChI=1S/C25H22FN5O/c26-20-7-3-17(4-8-20)12-25(15-27)18-5-6-19(25)14-31(13-18)24(32)21-2-1-10-29-23(21)22-9-11-28-16-30-22/h1-4,7-11,16,18-19H,5-6,12-14H2/t18-,19+,25?. The number of carbonyl (C=O) groups is 1. The fraction of sp³-hybridized carbons (Fsp3) is 0.320. The Morgan fingerprint density at radius 2 is 1.84 bits per heavy atom. The first kappa shape index (κ1) is 20.3. The maximum Gasteiger partial charge on any atom is 0.256 e. The monoisotopic (exact) mass is 427 g/mol. The highest BCUT2D eigenvalue weighted by molar-refractivity contribution is 5.99. The molecule has 1 saturated heterocycles. The number of aromatic nitrogens is 3. The molecule has 2 bridgehead atoms. The Balaban J connectivity index is 1.41. The quantitative estimate of drug-likeness (QED) is 0.630. The van der Waals surface area contributed by atoms with E-state index in [4.69, 9.17) is 0 Å². The summed E-state index contributed by atoms with van der Waals surface area (Å²) in [4.78, 5) is 28.0. The van der Waals surface area contributed by atoms with E-state index in [1.165, 1.54) is 18.5 Å². The lowest BCUT2D eigenvalue weighted by molar-refractivity contribution is 0.0420. The minimum atomic E-state index is -0.529. The summed E-state index contributed by atoms with van der Waals surface area (Å²) in [5, 5.41) is 10.2. The molecule has 1 unspecified atom stereocenters. The molecule has 5 rings (SSSR count). The molecule has 1 saturated carbocycles. The van der Waals surface area contributed by atoms with Crippen LogP contribution in [-0.4, -0.2) is 38.8 Å². The number of fused-ring (bicyclic) bond motifs is 2. The highest BCUT2D eigenvalue weighted by atomic mass is 19.1. The van der Waals surface area contributed by atoms with Crippen molar-refractivity contribution in [3.8, 4) is 17.5 Å². The molecule has 1 aliphatic heterocycles. The van der Waals surface area contributed by atoms with Crippen molar-refractivity contribution in [3.05, 3.63) is 78.1 Å². The number of halogens is 1. The van der Waals surface area contributed by atoms with Crippen LogP contribution in [0.4, 0.5) is 4.39 Å².